The molecule has 0 N–H and O–H groups in total. The fourth-order valence-electron chi connectivity index (χ4n) is 7.67. The number of fused-ring (bicyclic) bond motifs is 4. The van der Waals surface area contributed by atoms with Crippen molar-refractivity contribution in [1.82, 2.24) is 4.98 Å². The Morgan fingerprint density at radius 1 is 0.764 bits per heavy atom. The Kier molecular flexibility index (Phi) is 11.7. The Bertz CT molecular complexity index is 2520. The zero-order valence-corrected chi connectivity index (χ0v) is 37.9. The van der Waals surface area contributed by atoms with Crippen LogP contribution >= 0.6 is 0 Å². The fourth-order valence-corrected chi connectivity index (χ4v) is 10.6. The molecule has 1 aliphatic rings. The van der Waals surface area contributed by atoms with E-state index in [0.717, 1.165) is 60.1 Å². The molecular formula is C50H52GeIrN2O-2. The second kappa shape index (κ2) is 17.0. The predicted octanol–water partition coefficient (Wildman–Crippen LogP) is 13.2. The second-order valence-corrected chi connectivity index (χ2v) is 26.9. The third-order valence-corrected chi connectivity index (χ3v) is 14.4. The second-order valence-electron chi connectivity index (χ2n) is 16.3. The van der Waals surface area contributed by atoms with Crippen molar-refractivity contribution in [2.45, 2.75) is 82.9 Å². The molecule has 0 bridgehead atoms. The van der Waals surface area contributed by atoms with Crippen LogP contribution in [0.25, 0.3) is 33.2 Å². The summed E-state index contributed by atoms with van der Waals surface area (Å²) in [7, 11) is 0. The van der Waals surface area contributed by atoms with Crippen LogP contribution in [0.15, 0.2) is 125 Å². The zero-order valence-electron chi connectivity index (χ0n) is 35.4. The summed E-state index contributed by atoms with van der Waals surface area (Å²) in [5, 5.41) is 2.24. The van der Waals surface area contributed by atoms with Crippen LogP contribution in [0, 0.1) is 18.1 Å². The van der Waals surface area contributed by atoms with E-state index in [1.807, 2.05) is 68.6 Å². The van der Waals surface area contributed by atoms with Gasteiger partial charge in [0.15, 0.2) is 0 Å². The molecule has 3 nitrogen and oxygen atoms in total. The summed E-state index contributed by atoms with van der Waals surface area (Å²) in [5.74, 6) is 7.64. The van der Waals surface area contributed by atoms with Gasteiger partial charge in [0.25, 0.3) is 0 Å². The molecular weight excluding hydrogens is 909 g/mol. The summed E-state index contributed by atoms with van der Waals surface area (Å²) in [6.07, 6.45) is 0.562. The summed E-state index contributed by atoms with van der Waals surface area (Å²) >= 11 is -2.20. The molecule has 0 aliphatic carbocycles. The van der Waals surface area contributed by atoms with Crippen molar-refractivity contribution in [3.05, 3.63) is 161 Å². The Morgan fingerprint density at radius 2 is 1.45 bits per heavy atom. The topological polar surface area (TPSA) is 38.4 Å². The van der Waals surface area contributed by atoms with Gasteiger partial charge in [0.05, 0.1) is 11.3 Å². The van der Waals surface area contributed by atoms with Crippen LogP contribution < -0.4 is 4.40 Å². The Balaban J connectivity index is 0.000000208. The number of pyridine rings is 1. The molecule has 1 radical (unpaired) electrons. The smallest absolute Gasteiger partial charge is 0 e. The number of hydrogen-bond acceptors (Lipinski definition) is 3. The van der Waals surface area contributed by atoms with Gasteiger partial charge in [0, 0.05) is 31.4 Å². The van der Waals surface area contributed by atoms with Gasteiger partial charge in [-0.3, -0.25) is 4.99 Å². The summed E-state index contributed by atoms with van der Waals surface area (Å²) < 4.78 is 24.7. The van der Waals surface area contributed by atoms with E-state index in [1.165, 1.54) is 22.3 Å². The first-order valence-electron chi connectivity index (χ1n) is 20.3. The number of aromatic nitrogens is 1. The van der Waals surface area contributed by atoms with E-state index in [4.69, 9.17) is 12.2 Å². The van der Waals surface area contributed by atoms with E-state index in [9.17, 15) is 0 Å². The molecule has 5 aromatic carbocycles. The predicted molar refractivity (Wildman–Crippen MR) is 232 cm³/mol. The first-order valence-corrected chi connectivity index (χ1v) is 26.6. The van der Waals surface area contributed by atoms with E-state index in [1.54, 1.807) is 0 Å². The van der Waals surface area contributed by atoms with Crippen molar-refractivity contribution < 1.29 is 27.3 Å². The van der Waals surface area contributed by atoms with Crippen molar-refractivity contribution >= 4 is 51.0 Å². The minimum absolute atomic E-state index is 0. The third-order valence-electron chi connectivity index (χ3n) is 10.2. The molecule has 283 valence electrons. The largest absolute Gasteiger partial charge is 0 e. The summed E-state index contributed by atoms with van der Waals surface area (Å²) in [4.78, 5) is 9.82. The molecule has 1 unspecified atom stereocenters. The number of benzene rings is 5. The number of hydrogen-bond donors (Lipinski definition) is 0. The van der Waals surface area contributed by atoms with Gasteiger partial charge < -0.3 is 4.42 Å². The SMILES string of the molecule is CC(C)c1cccc(C(C)C)c1C1C(c2[c-]ccc3c2oc2ccccc23)=Nc2ccccc21.[2H]C([2H])(c1cc(-c2[c-]cccc2)nc[c]1[Ge]([CH3])([CH3])[CH3])C(C)C.[Ir]. The van der Waals surface area contributed by atoms with Crippen molar-refractivity contribution in [1.29, 1.82) is 0 Å². The first-order chi connectivity index (χ1) is 26.7. The average Bonchev–Trinajstić information content (AvgIpc) is 3.76. The van der Waals surface area contributed by atoms with Gasteiger partial charge in [-0.2, -0.15) is 0 Å². The van der Waals surface area contributed by atoms with Crippen LogP contribution in [-0.4, -0.2) is 24.0 Å². The molecule has 0 amide bonds. The van der Waals surface area contributed by atoms with Crippen LogP contribution in [0.4, 0.5) is 5.69 Å². The third kappa shape index (κ3) is 8.38. The van der Waals surface area contributed by atoms with Crippen molar-refractivity contribution in [3.63, 3.8) is 0 Å². The van der Waals surface area contributed by atoms with Crippen molar-refractivity contribution in [3.8, 4) is 11.3 Å². The minimum atomic E-state index is -2.20. The zero-order chi connectivity index (χ0) is 39.9. The normalized spacial score (nSPS) is 14.7. The maximum Gasteiger partial charge on any atom is 0 e. The number of furan rings is 1. The van der Waals surface area contributed by atoms with Crippen molar-refractivity contribution in [2.24, 2.45) is 10.9 Å². The van der Waals surface area contributed by atoms with E-state index in [-0.39, 0.29) is 31.9 Å². The number of aliphatic imine (C=N–C) groups is 1. The van der Waals surface area contributed by atoms with Gasteiger partial charge in [-0.15, -0.1) is 18.2 Å². The van der Waals surface area contributed by atoms with Crippen molar-refractivity contribution in [2.75, 3.05) is 0 Å². The summed E-state index contributed by atoms with van der Waals surface area (Å²) in [6.45, 7) is 13.0. The number of para-hydroxylation sites is 2. The van der Waals surface area contributed by atoms with Gasteiger partial charge in [-0.05, 0) is 51.9 Å². The number of rotatable bonds is 8. The van der Waals surface area contributed by atoms with Gasteiger partial charge in [0.1, 0.15) is 5.58 Å². The monoisotopic (exact) mass is 965 g/mol. The standard InChI is InChI=1S/C32H28NO.C18H24GeN.Ir/c1-19(2)21-13-9-14-22(20(3)4)29(21)30-25-12-5-7-17-27(25)33-31(30)26-16-10-15-24-23-11-6-8-18-28(23)34-32(24)26;1-14(2)11-16-12-18(15-9-7-6-8-10-15)20-13-17(16)19(3,4)5;/h5-15,17-20,30H,1-4H3;6-9,12-14H,11H2,1-5H3;/q2*-1;/i;11D2;. The Labute approximate surface area is 347 Å². The van der Waals surface area contributed by atoms with Crippen LogP contribution in [0.5, 0.6) is 0 Å². The molecule has 0 fully saturated rings. The molecule has 3 heterocycles. The van der Waals surface area contributed by atoms with Gasteiger partial charge >= 0.3 is 128 Å². The van der Waals surface area contributed by atoms with Crippen LogP contribution in [0.3, 0.4) is 0 Å². The molecule has 0 saturated heterocycles. The van der Waals surface area contributed by atoms with Crippen LogP contribution in [0.2, 0.25) is 17.3 Å². The molecule has 7 aromatic rings. The van der Waals surface area contributed by atoms with E-state index in [2.05, 4.69) is 123 Å². The van der Waals surface area contributed by atoms with E-state index in [0.29, 0.717) is 11.8 Å². The molecule has 0 saturated carbocycles. The molecule has 55 heavy (non-hydrogen) atoms. The molecule has 0 spiro atoms. The fraction of sp³-hybridized carbons (Fsp3) is 0.280. The molecule has 8 rings (SSSR count). The quantitative estimate of drug-likeness (QED) is 0.112. The molecule has 5 heteroatoms. The Hall–Kier alpha value is -4.09. The molecule has 2 aromatic heterocycles. The number of nitrogens with zero attached hydrogens (tertiary/aromatic N) is 2. The van der Waals surface area contributed by atoms with E-state index < -0.39 is 19.6 Å². The van der Waals surface area contributed by atoms with Gasteiger partial charge in [-0.25, -0.2) is 0 Å². The van der Waals surface area contributed by atoms with Crippen LogP contribution in [-0.2, 0) is 26.5 Å². The maximum atomic E-state index is 8.56. The average molecular weight is 964 g/mol. The summed E-state index contributed by atoms with van der Waals surface area (Å²) in [5.41, 5.74) is 12.7. The van der Waals surface area contributed by atoms with Gasteiger partial charge in [0.2, 0.25) is 0 Å². The van der Waals surface area contributed by atoms with Gasteiger partial charge in [-0.1, -0.05) is 93.2 Å². The van der Waals surface area contributed by atoms with Crippen LogP contribution in [0.1, 0.15) is 95.4 Å². The summed E-state index contributed by atoms with van der Waals surface area (Å²) in [6, 6.07) is 44.1. The minimum Gasteiger partial charge on any atom is 0 e. The molecule has 1 atom stereocenters. The Morgan fingerprint density at radius 3 is 2.13 bits per heavy atom. The van der Waals surface area contributed by atoms with E-state index >= 15 is 0 Å². The molecule has 1 aliphatic heterocycles. The maximum absolute atomic E-state index is 8.56. The first kappa shape index (κ1) is 37.8.